The molecule has 0 saturated heterocycles. The number of nitrogens with two attached hydrogens (primary N) is 1. The molecule has 0 aliphatic heterocycles. The zero-order valence-electron chi connectivity index (χ0n) is 9.11. The van der Waals surface area contributed by atoms with Crippen molar-refractivity contribution in [2.45, 2.75) is 13.3 Å². The highest BCUT2D eigenvalue weighted by atomic mass is 35.5. The maximum atomic E-state index is 12.0. The van der Waals surface area contributed by atoms with Crippen LogP contribution < -0.4 is 5.73 Å². The van der Waals surface area contributed by atoms with Gasteiger partial charge in [-0.3, -0.25) is 4.79 Å². The van der Waals surface area contributed by atoms with Crippen LogP contribution in [0.4, 0.5) is 5.82 Å². The van der Waals surface area contributed by atoms with Gasteiger partial charge in [0, 0.05) is 11.6 Å². The van der Waals surface area contributed by atoms with E-state index >= 15 is 0 Å². The van der Waals surface area contributed by atoms with Crippen LogP contribution >= 0.6 is 22.9 Å². The second-order valence-electron chi connectivity index (χ2n) is 3.54. The Kier molecular flexibility index (Phi) is 3.40. The zero-order chi connectivity index (χ0) is 12.4. The molecule has 0 amide bonds. The van der Waals surface area contributed by atoms with Crippen molar-refractivity contribution < 1.29 is 4.79 Å². The van der Waals surface area contributed by atoms with Crippen LogP contribution in [0.5, 0.6) is 0 Å². The number of hydrogen-bond donors (Lipinski definition) is 1. The van der Waals surface area contributed by atoms with Crippen molar-refractivity contribution in [2.75, 3.05) is 5.73 Å². The lowest BCUT2D eigenvalue weighted by molar-refractivity contribution is 0.0992. The summed E-state index contributed by atoms with van der Waals surface area (Å²) in [6, 6.07) is 1.53. The molecule has 4 nitrogen and oxygen atoms in total. The zero-order valence-corrected chi connectivity index (χ0v) is 10.7. The van der Waals surface area contributed by atoms with E-state index in [4.69, 9.17) is 17.3 Å². The van der Waals surface area contributed by atoms with Gasteiger partial charge in [-0.1, -0.05) is 11.6 Å². The minimum atomic E-state index is -0.122. The Labute approximate surface area is 107 Å². The number of pyridine rings is 1. The first kappa shape index (κ1) is 12.0. The predicted octanol–water partition coefficient (Wildman–Crippen LogP) is 2.51. The van der Waals surface area contributed by atoms with Crippen LogP contribution in [0.25, 0.3) is 0 Å². The van der Waals surface area contributed by atoms with Crippen LogP contribution in [-0.2, 0) is 6.42 Å². The van der Waals surface area contributed by atoms with E-state index in [1.54, 1.807) is 0 Å². The van der Waals surface area contributed by atoms with Gasteiger partial charge in [0.15, 0.2) is 5.78 Å². The molecule has 0 radical (unpaired) electrons. The number of nitrogen functional groups attached to an aromatic ring is 1. The van der Waals surface area contributed by atoms with Gasteiger partial charge in [-0.15, -0.1) is 11.3 Å². The molecule has 0 fully saturated rings. The van der Waals surface area contributed by atoms with Crippen molar-refractivity contribution in [3.8, 4) is 0 Å². The number of nitrogens with zero attached hydrogens (tertiary/aromatic N) is 2. The smallest absolute Gasteiger partial charge is 0.172 e. The lowest BCUT2D eigenvalue weighted by atomic mass is 10.1. The summed E-state index contributed by atoms with van der Waals surface area (Å²) in [6.45, 7) is 1.90. The molecule has 17 heavy (non-hydrogen) atoms. The largest absolute Gasteiger partial charge is 0.383 e. The fraction of sp³-hybridized carbons (Fsp3) is 0.182. The van der Waals surface area contributed by atoms with Crippen molar-refractivity contribution in [1.82, 2.24) is 9.97 Å². The number of aromatic nitrogens is 2. The first-order valence-corrected chi connectivity index (χ1v) is 6.17. The van der Waals surface area contributed by atoms with Gasteiger partial charge in [-0.25, -0.2) is 9.97 Å². The van der Waals surface area contributed by atoms with Crippen LogP contribution in [0.15, 0.2) is 17.6 Å². The quantitative estimate of drug-likeness (QED) is 0.868. The van der Waals surface area contributed by atoms with Gasteiger partial charge in [0.1, 0.15) is 5.82 Å². The van der Waals surface area contributed by atoms with E-state index in [1.165, 1.54) is 23.6 Å². The molecule has 0 aromatic carbocycles. The van der Waals surface area contributed by atoms with Gasteiger partial charge in [-0.05, 0) is 13.0 Å². The molecule has 2 rings (SSSR count). The molecule has 0 atom stereocenters. The SMILES string of the molecule is Cc1nc(CC(=O)c2cc(Cl)cnc2N)cs1. The van der Waals surface area contributed by atoms with Crippen LogP contribution in [0, 0.1) is 6.92 Å². The third-order valence-electron chi connectivity index (χ3n) is 2.19. The van der Waals surface area contributed by atoms with Crippen LogP contribution in [0.1, 0.15) is 21.1 Å². The average molecular weight is 268 g/mol. The molecule has 0 bridgehead atoms. The van der Waals surface area contributed by atoms with E-state index in [-0.39, 0.29) is 18.0 Å². The Bertz CT molecular complexity index is 568. The second-order valence-corrected chi connectivity index (χ2v) is 5.04. The minimum absolute atomic E-state index is 0.122. The van der Waals surface area contributed by atoms with E-state index in [2.05, 4.69) is 9.97 Å². The molecular weight excluding hydrogens is 258 g/mol. The molecule has 6 heteroatoms. The third kappa shape index (κ3) is 2.81. The van der Waals surface area contributed by atoms with Crippen LogP contribution in [0.3, 0.4) is 0 Å². The van der Waals surface area contributed by atoms with Gasteiger partial charge in [-0.2, -0.15) is 0 Å². The van der Waals surface area contributed by atoms with Gasteiger partial charge < -0.3 is 5.73 Å². The number of Topliss-reactive ketones (excluding diaryl/α,β-unsaturated/α-hetero) is 1. The maximum absolute atomic E-state index is 12.0. The summed E-state index contributed by atoms with van der Waals surface area (Å²) in [5, 5.41) is 3.20. The van der Waals surface area contributed by atoms with E-state index < -0.39 is 0 Å². The Balaban J connectivity index is 2.22. The molecular formula is C11H10ClN3OS. The van der Waals surface area contributed by atoms with Crippen molar-refractivity contribution >= 4 is 34.5 Å². The maximum Gasteiger partial charge on any atom is 0.172 e. The standard InChI is InChI=1S/C11H10ClN3OS/c1-6-15-8(5-17-6)3-10(16)9-2-7(12)4-14-11(9)13/h2,4-5H,3H2,1H3,(H2,13,14). The van der Waals surface area contributed by atoms with Crippen molar-refractivity contribution in [1.29, 1.82) is 0 Å². The first-order chi connectivity index (χ1) is 8.06. The molecule has 2 N–H and O–H groups in total. The highest BCUT2D eigenvalue weighted by Crippen LogP contribution is 2.18. The van der Waals surface area contributed by atoms with Gasteiger partial charge in [0.2, 0.25) is 0 Å². The van der Waals surface area contributed by atoms with E-state index in [0.29, 0.717) is 10.6 Å². The highest BCUT2D eigenvalue weighted by molar-refractivity contribution is 7.09. The number of hydrogen-bond acceptors (Lipinski definition) is 5. The molecule has 2 aromatic heterocycles. The number of rotatable bonds is 3. The summed E-state index contributed by atoms with van der Waals surface area (Å²) in [6.07, 6.45) is 1.64. The summed E-state index contributed by atoms with van der Waals surface area (Å²) in [5.41, 5.74) is 6.74. The summed E-state index contributed by atoms with van der Waals surface area (Å²) >= 11 is 7.30. The second kappa shape index (κ2) is 4.81. The molecule has 2 heterocycles. The van der Waals surface area contributed by atoms with Gasteiger partial charge in [0.05, 0.1) is 27.7 Å². The number of thiazole rings is 1. The number of ketones is 1. The molecule has 0 spiro atoms. The fourth-order valence-corrected chi connectivity index (χ4v) is 2.19. The fourth-order valence-electron chi connectivity index (χ4n) is 1.42. The molecule has 0 aliphatic rings. The lowest BCUT2D eigenvalue weighted by Crippen LogP contribution is -2.08. The molecule has 0 aliphatic carbocycles. The lowest BCUT2D eigenvalue weighted by Gasteiger charge is -2.03. The average Bonchev–Trinajstić information content (AvgIpc) is 2.67. The van der Waals surface area contributed by atoms with E-state index in [9.17, 15) is 4.79 Å². The van der Waals surface area contributed by atoms with Crippen LogP contribution in [0.2, 0.25) is 5.02 Å². The topological polar surface area (TPSA) is 68.9 Å². The summed E-state index contributed by atoms with van der Waals surface area (Å²) < 4.78 is 0. The Morgan fingerprint density at radius 3 is 3.00 bits per heavy atom. The van der Waals surface area contributed by atoms with Gasteiger partial charge in [0.25, 0.3) is 0 Å². The molecule has 2 aromatic rings. The number of aryl methyl sites for hydroxylation is 1. The number of anilines is 1. The van der Waals surface area contributed by atoms with Gasteiger partial charge >= 0.3 is 0 Å². The van der Waals surface area contributed by atoms with Crippen molar-refractivity contribution in [2.24, 2.45) is 0 Å². The first-order valence-electron chi connectivity index (χ1n) is 4.91. The van der Waals surface area contributed by atoms with E-state index in [0.717, 1.165) is 10.7 Å². The Hall–Kier alpha value is -1.46. The Morgan fingerprint density at radius 2 is 2.35 bits per heavy atom. The van der Waals surface area contributed by atoms with Crippen molar-refractivity contribution in [3.05, 3.63) is 38.9 Å². The normalized spacial score (nSPS) is 10.5. The number of halogens is 1. The Morgan fingerprint density at radius 1 is 1.59 bits per heavy atom. The summed E-state index contributed by atoms with van der Waals surface area (Å²) in [7, 11) is 0. The molecule has 0 unspecified atom stereocenters. The predicted molar refractivity (Wildman–Crippen MR) is 68.5 cm³/mol. The highest BCUT2D eigenvalue weighted by Gasteiger charge is 2.13. The van der Waals surface area contributed by atoms with Crippen molar-refractivity contribution in [3.63, 3.8) is 0 Å². The molecule has 0 saturated carbocycles. The van der Waals surface area contributed by atoms with E-state index in [1.807, 2.05) is 12.3 Å². The minimum Gasteiger partial charge on any atom is -0.383 e. The number of carbonyl (C=O) groups excluding carboxylic acids is 1. The summed E-state index contributed by atoms with van der Waals surface area (Å²) in [5.74, 6) is 0.0779. The number of carbonyl (C=O) groups is 1. The third-order valence-corrected chi connectivity index (χ3v) is 3.22. The monoisotopic (exact) mass is 267 g/mol. The van der Waals surface area contributed by atoms with Crippen LogP contribution in [-0.4, -0.2) is 15.8 Å². The molecule has 88 valence electrons. The summed E-state index contributed by atoms with van der Waals surface area (Å²) in [4.78, 5) is 20.1.